The molecule has 2 N–H and O–H groups in total. The second-order valence-electron chi connectivity index (χ2n) is 6.79. The molecule has 2 nitrogen and oxygen atoms in total. The lowest BCUT2D eigenvalue weighted by Gasteiger charge is -2.46. The second-order valence-corrected chi connectivity index (χ2v) is 6.79. The summed E-state index contributed by atoms with van der Waals surface area (Å²) < 4.78 is 0. The topological polar surface area (TPSA) is 29.3 Å². The van der Waals surface area contributed by atoms with Gasteiger partial charge in [-0.2, -0.15) is 0 Å². The van der Waals surface area contributed by atoms with Crippen molar-refractivity contribution in [3.05, 3.63) is 0 Å². The molecule has 0 aromatic carbocycles. The summed E-state index contributed by atoms with van der Waals surface area (Å²) in [6.45, 7) is 11.7. The third-order valence-electron chi connectivity index (χ3n) is 4.54. The van der Waals surface area contributed by atoms with Crippen LogP contribution in [0.2, 0.25) is 0 Å². The molecule has 16 heavy (non-hydrogen) atoms. The Morgan fingerprint density at radius 3 is 2.31 bits per heavy atom. The summed E-state index contributed by atoms with van der Waals surface area (Å²) in [5.41, 5.74) is 6.76. The molecule has 0 bridgehead atoms. The Labute approximate surface area is 102 Å². The second kappa shape index (κ2) is 5.05. The van der Waals surface area contributed by atoms with Crippen LogP contribution in [0, 0.1) is 11.3 Å². The molecule has 1 fully saturated rings. The van der Waals surface area contributed by atoms with Gasteiger partial charge in [0.15, 0.2) is 0 Å². The van der Waals surface area contributed by atoms with Crippen LogP contribution >= 0.6 is 0 Å². The van der Waals surface area contributed by atoms with Gasteiger partial charge < -0.3 is 5.73 Å². The maximum Gasteiger partial charge on any atom is 0.0252 e. The summed E-state index contributed by atoms with van der Waals surface area (Å²) in [6.07, 6.45) is 3.68. The van der Waals surface area contributed by atoms with E-state index in [1.165, 1.54) is 19.3 Å². The average molecular weight is 226 g/mol. The molecule has 2 heteroatoms. The number of nitrogens with zero attached hydrogens (tertiary/aromatic N) is 1. The standard InChI is InChI=1S/C14H30N2/c1-10(2)11(3)16(6)13-9-14(4,5)8-7-12(13)15/h10-13H,7-9,15H2,1-6H3. The van der Waals surface area contributed by atoms with Gasteiger partial charge >= 0.3 is 0 Å². The Kier molecular flexibility index (Phi) is 4.42. The fourth-order valence-corrected chi connectivity index (χ4v) is 2.79. The van der Waals surface area contributed by atoms with E-state index in [2.05, 4.69) is 46.6 Å². The smallest absolute Gasteiger partial charge is 0.0252 e. The molecule has 0 spiro atoms. The van der Waals surface area contributed by atoms with Crippen LogP contribution in [0.1, 0.15) is 53.9 Å². The predicted octanol–water partition coefficient (Wildman–Crippen LogP) is 2.87. The van der Waals surface area contributed by atoms with Crippen molar-refractivity contribution in [2.45, 2.75) is 72.0 Å². The first-order valence-electron chi connectivity index (χ1n) is 6.72. The van der Waals surface area contributed by atoms with Gasteiger partial charge in [-0.25, -0.2) is 0 Å². The van der Waals surface area contributed by atoms with Crippen molar-refractivity contribution in [3.63, 3.8) is 0 Å². The molecule has 0 radical (unpaired) electrons. The normalized spacial score (nSPS) is 32.1. The zero-order valence-corrected chi connectivity index (χ0v) is 12.0. The number of hydrogen-bond donors (Lipinski definition) is 1. The monoisotopic (exact) mass is 226 g/mol. The minimum absolute atomic E-state index is 0.360. The molecule has 1 saturated carbocycles. The molecule has 96 valence electrons. The van der Waals surface area contributed by atoms with E-state index in [9.17, 15) is 0 Å². The molecule has 0 saturated heterocycles. The Balaban J connectivity index is 2.69. The van der Waals surface area contributed by atoms with Crippen LogP contribution in [0.4, 0.5) is 0 Å². The van der Waals surface area contributed by atoms with Gasteiger partial charge in [-0.05, 0) is 44.6 Å². The lowest BCUT2D eigenvalue weighted by molar-refractivity contribution is 0.0577. The van der Waals surface area contributed by atoms with Crippen molar-refractivity contribution >= 4 is 0 Å². The van der Waals surface area contributed by atoms with Crippen molar-refractivity contribution in [1.29, 1.82) is 0 Å². The molecule has 1 aliphatic carbocycles. The van der Waals surface area contributed by atoms with Crippen LogP contribution in [-0.2, 0) is 0 Å². The van der Waals surface area contributed by atoms with Crippen molar-refractivity contribution in [2.75, 3.05) is 7.05 Å². The lowest BCUT2D eigenvalue weighted by atomic mass is 9.72. The van der Waals surface area contributed by atoms with E-state index >= 15 is 0 Å². The first kappa shape index (κ1) is 14.0. The van der Waals surface area contributed by atoms with Gasteiger partial charge in [0.2, 0.25) is 0 Å². The molecular weight excluding hydrogens is 196 g/mol. The first-order valence-corrected chi connectivity index (χ1v) is 6.72. The minimum Gasteiger partial charge on any atom is -0.326 e. The van der Waals surface area contributed by atoms with E-state index in [0.717, 1.165) is 0 Å². The van der Waals surface area contributed by atoms with E-state index in [1.807, 2.05) is 0 Å². The van der Waals surface area contributed by atoms with E-state index in [0.29, 0.717) is 29.5 Å². The maximum absolute atomic E-state index is 6.30. The zero-order chi connectivity index (χ0) is 12.5. The number of nitrogens with two attached hydrogens (primary N) is 1. The van der Waals surface area contributed by atoms with Crippen LogP contribution in [0.5, 0.6) is 0 Å². The van der Waals surface area contributed by atoms with E-state index in [4.69, 9.17) is 5.73 Å². The van der Waals surface area contributed by atoms with E-state index in [-0.39, 0.29) is 0 Å². The molecule has 0 aliphatic heterocycles. The highest BCUT2D eigenvalue weighted by molar-refractivity contribution is 4.93. The molecule has 0 heterocycles. The van der Waals surface area contributed by atoms with Crippen LogP contribution in [-0.4, -0.2) is 30.1 Å². The number of rotatable bonds is 3. The van der Waals surface area contributed by atoms with Crippen molar-refractivity contribution < 1.29 is 0 Å². The van der Waals surface area contributed by atoms with Crippen LogP contribution in [0.25, 0.3) is 0 Å². The molecule has 1 aliphatic rings. The highest BCUT2D eigenvalue weighted by Gasteiger charge is 2.36. The Morgan fingerprint density at radius 1 is 1.25 bits per heavy atom. The third kappa shape index (κ3) is 3.21. The molecule has 3 atom stereocenters. The third-order valence-corrected chi connectivity index (χ3v) is 4.54. The van der Waals surface area contributed by atoms with Gasteiger partial charge in [0.1, 0.15) is 0 Å². The molecule has 3 unspecified atom stereocenters. The van der Waals surface area contributed by atoms with Crippen molar-refractivity contribution in [1.82, 2.24) is 4.90 Å². The van der Waals surface area contributed by atoms with Crippen LogP contribution in [0.3, 0.4) is 0 Å². The van der Waals surface area contributed by atoms with E-state index in [1.54, 1.807) is 0 Å². The Bertz CT molecular complexity index is 223. The first-order chi connectivity index (χ1) is 7.24. The summed E-state index contributed by atoms with van der Waals surface area (Å²) in [4.78, 5) is 2.51. The highest BCUT2D eigenvalue weighted by atomic mass is 15.2. The van der Waals surface area contributed by atoms with Crippen LogP contribution in [0.15, 0.2) is 0 Å². The summed E-state index contributed by atoms with van der Waals surface area (Å²) in [5.74, 6) is 0.697. The van der Waals surface area contributed by atoms with Gasteiger partial charge in [0.25, 0.3) is 0 Å². The minimum atomic E-state index is 0.360. The Morgan fingerprint density at radius 2 is 1.81 bits per heavy atom. The Hall–Kier alpha value is -0.0800. The highest BCUT2D eigenvalue weighted by Crippen LogP contribution is 2.37. The number of hydrogen-bond acceptors (Lipinski definition) is 2. The molecular formula is C14H30N2. The summed E-state index contributed by atoms with van der Waals surface area (Å²) in [6, 6.07) is 1.53. The molecule has 0 aromatic heterocycles. The molecule has 1 rings (SSSR count). The predicted molar refractivity (Wildman–Crippen MR) is 71.5 cm³/mol. The van der Waals surface area contributed by atoms with E-state index < -0.39 is 0 Å². The van der Waals surface area contributed by atoms with Gasteiger partial charge in [-0.1, -0.05) is 27.7 Å². The molecule has 0 amide bonds. The maximum atomic E-state index is 6.30. The van der Waals surface area contributed by atoms with Gasteiger partial charge in [0.05, 0.1) is 0 Å². The van der Waals surface area contributed by atoms with Gasteiger partial charge in [-0.15, -0.1) is 0 Å². The van der Waals surface area contributed by atoms with Gasteiger partial charge in [0, 0.05) is 18.1 Å². The molecule has 0 aromatic rings. The van der Waals surface area contributed by atoms with Gasteiger partial charge in [-0.3, -0.25) is 4.90 Å². The summed E-state index contributed by atoms with van der Waals surface area (Å²) in [7, 11) is 2.25. The quantitative estimate of drug-likeness (QED) is 0.802. The fourth-order valence-electron chi connectivity index (χ4n) is 2.79. The zero-order valence-electron chi connectivity index (χ0n) is 12.0. The fraction of sp³-hybridized carbons (Fsp3) is 1.00. The van der Waals surface area contributed by atoms with Crippen molar-refractivity contribution in [3.8, 4) is 0 Å². The lowest BCUT2D eigenvalue weighted by Crippen LogP contribution is -2.54. The largest absolute Gasteiger partial charge is 0.326 e. The number of likely N-dealkylation sites (N-methyl/N-ethyl adjacent to an activating group) is 1. The SMILES string of the molecule is CC(C)C(C)N(C)C1CC(C)(C)CCC1N. The average Bonchev–Trinajstić information content (AvgIpc) is 2.19. The summed E-state index contributed by atoms with van der Waals surface area (Å²) >= 11 is 0. The summed E-state index contributed by atoms with van der Waals surface area (Å²) in [5, 5.41) is 0. The van der Waals surface area contributed by atoms with Crippen molar-refractivity contribution in [2.24, 2.45) is 17.1 Å². The van der Waals surface area contributed by atoms with Crippen LogP contribution < -0.4 is 5.73 Å².